The summed E-state index contributed by atoms with van der Waals surface area (Å²) in [6, 6.07) is 7.07. The molecule has 0 amide bonds. The van der Waals surface area contributed by atoms with Gasteiger partial charge in [0.25, 0.3) is 15.7 Å². The fraction of sp³-hybridized carbons (Fsp3) is 0.385. The molecule has 0 spiro atoms. The van der Waals surface area contributed by atoms with Gasteiger partial charge in [0.1, 0.15) is 4.90 Å². The molecule has 248 valence electrons. The normalized spacial score (nSPS) is 14.8. The number of benzene rings is 3. The summed E-state index contributed by atoms with van der Waals surface area (Å²) in [7, 11) is -5.03. The summed E-state index contributed by atoms with van der Waals surface area (Å²) in [6.45, 7) is -1.94. The van der Waals surface area contributed by atoms with Gasteiger partial charge in [-0.1, -0.05) is 12.1 Å². The summed E-state index contributed by atoms with van der Waals surface area (Å²) in [5.41, 5.74) is -9.16. The first-order valence-electron chi connectivity index (χ1n) is 12.3. The molecular formula is C26H21F9O9S. The van der Waals surface area contributed by atoms with Crippen molar-refractivity contribution >= 4 is 43.6 Å². The Labute approximate surface area is 246 Å². The maximum Gasteiger partial charge on any atom is 0.426 e. The highest BCUT2D eigenvalue weighted by molar-refractivity contribution is 7.86. The Morgan fingerprint density at radius 1 is 0.689 bits per heavy atom. The van der Waals surface area contributed by atoms with E-state index < -0.39 is 88.3 Å². The highest BCUT2D eigenvalue weighted by atomic mass is 32.2. The minimum absolute atomic E-state index is 0.0993. The zero-order valence-corrected chi connectivity index (χ0v) is 23.3. The Balaban J connectivity index is 1.93. The Bertz CT molecular complexity index is 1710. The van der Waals surface area contributed by atoms with Crippen LogP contribution in [0.2, 0.25) is 0 Å². The molecule has 3 aromatic rings. The molecule has 9 nitrogen and oxygen atoms in total. The van der Waals surface area contributed by atoms with Gasteiger partial charge in [-0.3, -0.25) is 4.55 Å². The number of esters is 2. The molecular weight excluding hydrogens is 659 g/mol. The highest BCUT2D eigenvalue weighted by Gasteiger charge is 2.70. The molecule has 1 unspecified atom stereocenters. The van der Waals surface area contributed by atoms with Gasteiger partial charge in [-0.2, -0.15) is 47.9 Å². The topological polar surface area (TPSA) is 147 Å². The number of carbonyl (C=O) groups excluding carboxylic acids is 2. The van der Waals surface area contributed by atoms with Crippen LogP contribution in [0.1, 0.15) is 40.5 Å². The van der Waals surface area contributed by atoms with Gasteiger partial charge >= 0.3 is 30.5 Å². The molecule has 0 aromatic heterocycles. The predicted molar refractivity (Wildman–Crippen MR) is 135 cm³/mol. The lowest BCUT2D eigenvalue weighted by Gasteiger charge is -2.31. The van der Waals surface area contributed by atoms with Crippen LogP contribution in [0.3, 0.4) is 0 Å². The van der Waals surface area contributed by atoms with Crippen LogP contribution in [0.5, 0.6) is 0 Å². The van der Waals surface area contributed by atoms with Gasteiger partial charge in [0.05, 0.1) is 24.3 Å². The van der Waals surface area contributed by atoms with Crippen molar-refractivity contribution in [2.24, 2.45) is 0 Å². The van der Waals surface area contributed by atoms with Gasteiger partial charge in [0, 0.05) is 23.6 Å². The van der Waals surface area contributed by atoms with Crippen molar-refractivity contribution in [2.45, 2.75) is 54.4 Å². The van der Waals surface area contributed by atoms with Crippen molar-refractivity contribution in [1.29, 1.82) is 0 Å². The quantitative estimate of drug-likeness (QED) is 0.115. The molecule has 0 saturated carbocycles. The van der Waals surface area contributed by atoms with Crippen LogP contribution >= 0.6 is 0 Å². The van der Waals surface area contributed by atoms with E-state index in [-0.39, 0.29) is 27.1 Å². The van der Waals surface area contributed by atoms with E-state index in [1.807, 2.05) is 0 Å². The Morgan fingerprint density at radius 3 is 1.44 bits per heavy atom. The van der Waals surface area contributed by atoms with Crippen LogP contribution in [0, 0.1) is 0 Å². The molecule has 0 aliphatic heterocycles. The van der Waals surface area contributed by atoms with E-state index >= 15 is 0 Å². The lowest BCUT2D eigenvalue weighted by atomic mass is 9.98. The van der Waals surface area contributed by atoms with Gasteiger partial charge in [0.15, 0.2) is 5.60 Å². The third kappa shape index (κ3) is 7.42. The second-order valence-corrected chi connectivity index (χ2v) is 11.3. The van der Waals surface area contributed by atoms with E-state index in [4.69, 9.17) is 4.74 Å². The Kier molecular flexibility index (Phi) is 9.48. The standard InChI is InChI=1S/C26H21F9O9S/c1-22(38,24(27,28)29)6-8-43-20(36)13-2-4-17-15(10-13)12-16-11-14(3-5-18(16)19(17)45(40,41)42)21(37)44-9-7-23(39,25(30,31)32)26(33,34)35/h2-5,10-12,38-39H,6-9H2,1H3,(H,40,41,42). The van der Waals surface area contributed by atoms with Gasteiger partial charge in [-0.15, -0.1) is 0 Å². The number of alkyl halides is 9. The van der Waals surface area contributed by atoms with Crippen LogP contribution < -0.4 is 0 Å². The van der Waals surface area contributed by atoms with Crippen LogP contribution in [0.25, 0.3) is 21.5 Å². The molecule has 0 bridgehead atoms. The lowest BCUT2D eigenvalue weighted by Crippen LogP contribution is -2.57. The lowest BCUT2D eigenvalue weighted by molar-refractivity contribution is -0.371. The minimum Gasteiger partial charge on any atom is -0.462 e. The summed E-state index contributed by atoms with van der Waals surface area (Å²) in [4.78, 5) is 24.1. The SMILES string of the molecule is CC(O)(CCOC(=O)c1ccc2c(S(=O)(=O)O)c3ccc(C(=O)OCCC(O)(C(F)(F)F)C(F)(F)F)cc3cc2c1)C(F)(F)F. The fourth-order valence-electron chi connectivity index (χ4n) is 4.01. The minimum atomic E-state index is -6.15. The predicted octanol–water partition coefficient (Wildman–Crippen LogP) is 5.50. The van der Waals surface area contributed by atoms with E-state index in [9.17, 15) is 72.3 Å². The highest BCUT2D eigenvalue weighted by Crippen LogP contribution is 2.45. The second-order valence-electron chi connectivity index (χ2n) is 9.95. The smallest absolute Gasteiger partial charge is 0.426 e. The first kappa shape index (κ1) is 35.8. The molecule has 1 atom stereocenters. The molecule has 3 N–H and O–H groups in total. The summed E-state index contributed by atoms with van der Waals surface area (Å²) in [6.07, 6.45) is -20.4. The summed E-state index contributed by atoms with van der Waals surface area (Å²) < 4.78 is 159. The van der Waals surface area contributed by atoms with Crippen molar-refractivity contribution in [3.05, 3.63) is 53.6 Å². The third-order valence-electron chi connectivity index (χ3n) is 6.70. The van der Waals surface area contributed by atoms with Crippen molar-refractivity contribution < 1.29 is 81.8 Å². The van der Waals surface area contributed by atoms with Gasteiger partial charge in [-0.25, -0.2) is 9.59 Å². The van der Waals surface area contributed by atoms with Crippen molar-refractivity contribution in [2.75, 3.05) is 13.2 Å². The number of hydrogen-bond acceptors (Lipinski definition) is 8. The molecule has 19 heteroatoms. The summed E-state index contributed by atoms with van der Waals surface area (Å²) in [5, 5.41) is 18.0. The number of carbonyl (C=O) groups is 2. The van der Waals surface area contributed by atoms with E-state index in [0.717, 1.165) is 36.4 Å². The molecule has 0 heterocycles. The van der Waals surface area contributed by atoms with Gasteiger partial charge in [-0.05, 0) is 48.0 Å². The van der Waals surface area contributed by atoms with Crippen LogP contribution in [0.15, 0.2) is 47.4 Å². The average Bonchev–Trinajstić information content (AvgIpc) is 2.88. The Hall–Kier alpha value is -3.68. The summed E-state index contributed by atoms with van der Waals surface area (Å²) >= 11 is 0. The van der Waals surface area contributed by atoms with E-state index in [1.54, 1.807) is 0 Å². The Morgan fingerprint density at radius 2 is 1.09 bits per heavy atom. The molecule has 0 aliphatic rings. The zero-order valence-electron chi connectivity index (χ0n) is 22.5. The monoisotopic (exact) mass is 680 g/mol. The van der Waals surface area contributed by atoms with E-state index in [1.165, 1.54) is 6.07 Å². The van der Waals surface area contributed by atoms with Crippen LogP contribution in [-0.4, -0.2) is 78.1 Å². The number of hydrogen-bond donors (Lipinski definition) is 3. The van der Waals surface area contributed by atoms with E-state index in [0.29, 0.717) is 6.92 Å². The van der Waals surface area contributed by atoms with E-state index in [2.05, 4.69) is 4.74 Å². The van der Waals surface area contributed by atoms with Gasteiger partial charge < -0.3 is 19.7 Å². The summed E-state index contributed by atoms with van der Waals surface area (Å²) in [5.74, 6) is -2.65. The molecule has 0 saturated heterocycles. The van der Waals surface area contributed by atoms with Crippen molar-refractivity contribution in [3.8, 4) is 0 Å². The number of fused-ring (bicyclic) bond motifs is 2. The van der Waals surface area contributed by atoms with Crippen LogP contribution in [0.4, 0.5) is 39.5 Å². The molecule has 0 aliphatic carbocycles. The molecule has 0 fully saturated rings. The maximum absolute atomic E-state index is 12.9. The fourth-order valence-corrected chi connectivity index (χ4v) is 4.94. The first-order chi connectivity index (χ1) is 20.3. The molecule has 45 heavy (non-hydrogen) atoms. The number of halogens is 9. The van der Waals surface area contributed by atoms with Crippen molar-refractivity contribution in [1.82, 2.24) is 0 Å². The van der Waals surface area contributed by atoms with Crippen molar-refractivity contribution in [3.63, 3.8) is 0 Å². The third-order valence-corrected chi connectivity index (χ3v) is 7.66. The zero-order chi connectivity index (χ0) is 34.4. The second kappa shape index (κ2) is 11.9. The molecule has 3 rings (SSSR count). The van der Waals surface area contributed by atoms with Crippen LogP contribution in [-0.2, 0) is 19.6 Å². The number of ether oxygens (including phenoxy) is 2. The first-order valence-corrected chi connectivity index (χ1v) is 13.7. The number of aliphatic hydroxyl groups is 2. The average molecular weight is 680 g/mol. The maximum atomic E-state index is 12.9. The molecule has 0 radical (unpaired) electrons. The number of rotatable bonds is 9. The largest absolute Gasteiger partial charge is 0.462 e. The molecule has 3 aromatic carbocycles. The van der Waals surface area contributed by atoms with Gasteiger partial charge in [0.2, 0.25) is 0 Å².